The summed E-state index contributed by atoms with van der Waals surface area (Å²) in [6, 6.07) is 21.8. The lowest BCUT2D eigenvalue weighted by atomic mass is 9.78. The summed E-state index contributed by atoms with van der Waals surface area (Å²) < 4.78 is 15.4. The summed E-state index contributed by atoms with van der Waals surface area (Å²) in [7, 11) is 3.28. The summed E-state index contributed by atoms with van der Waals surface area (Å²) in [6.45, 7) is 8.13. The second-order valence-electron chi connectivity index (χ2n) is 14.6. The third kappa shape index (κ3) is 8.51. The summed E-state index contributed by atoms with van der Waals surface area (Å²) in [6.07, 6.45) is 6.58. The van der Waals surface area contributed by atoms with Crippen molar-refractivity contribution in [1.29, 1.82) is 0 Å². The van der Waals surface area contributed by atoms with Crippen LogP contribution in [-0.4, -0.2) is 67.8 Å². The van der Waals surface area contributed by atoms with Crippen LogP contribution in [-0.2, 0) is 23.4 Å². The van der Waals surface area contributed by atoms with E-state index in [2.05, 4.69) is 40.1 Å². The van der Waals surface area contributed by atoms with Crippen molar-refractivity contribution in [1.82, 2.24) is 49.5 Å². The molecule has 18 heteroatoms. The predicted molar refractivity (Wildman–Crippen MR) is 226 cm³/mol. The monoisotopic (exact) mass is 798 g/mol. The van der Waals surface area contributed by atoms with Crippen LogP contribution < -0.4 is 28.0 Å². The molecule has 1 aliphatic heterocycles. The van der Waals surface area contributed by atoms with Gasteiger partial charge in [-0.2, -0.15) is 10.2 Å². The maximum atomic E-state index is 11.4. The Bertz CT molecular complexity index is 2890. The van der Waals surface area contributed by atoms with E-state index >= 15 is 0 Å². The minimum atomic E-state index is -0.378. The maximum absolute atomic E-state index is 11.4. The summed E-state index contributed by atoms with van der Waals surface area (Å²) in [5.74, 6) is 0.666. The molecule has 1 saturated heterocycles. The zero-order valence-corrected chi connectivity index (χ0v) is 33.3. The molecule has 9 rings (SSSR count). The lowest BCUT2D eigenvalue weighted by Crippen LogP contribution is -2.41. The molecule has 16 nitrogen and oxygen atoms in total. The maximum Gasteiger partial charge on any atom is 0.494 e. The molecular weight excluding hydrogens is 759 g/mol. The minimum absolute atomic E-state index is 0.0964. The molecule has 0 spiro atoms. The molecule has 0 amide bonds. The number of benzene rings is 2. The van der Waals surface area contributed by atoms with Crippen molar-refractivity contribution >= 4 is 57.6 Å². The molecule has 2 aromatic carbocycles. The highest BCUT2D eigenvalue weighted by Gasteiger charge is 2.51. The van der Waals surface area contributed by atoms with E-state index in [9.17, 15) is 9.59 Å². The molecule has 0 radical (unpaired) electrons. The Morgan fingerprint density at radius 1 is 0.655 bits per heavy atom. The lowest BCUT2D eigenvalue weighted by molar-refractivity contribution is 0.00578. The van der Waals surface area contributed by atoms with Crippen molar-refractivity contribution in [3.05, 3.63) is 123 Å². The molecule has 0 unspecified atom stereocenters. The van der Waals surface area contributed by atoms with Gasteiger partial charge in [0.05, 0.1) is 29.3 Å². The number of aromatic amines is 2. The van der Waals surface area contributed by atoms with Crippen LogP contribution in [0.15, 0.2) is 107 Å². The van der Waals surface area contributed by atoms with E-state index in [-0.39, 0.29) is 29.4 Å². The zero-order valence-electron chi connectivity index (χ0n) is 32.6. The largest absolute Gasteiger partial charge is 0.494 e. The number of nitrogens with zero attached hydrogens (tertiary/aromatic N) is 8. The summed E-state index contributed by atoms with van der Waals surface area (Å²) in [4.78, 5) is 45.1. The Morgan fingerprint density at radius 3 is 1.74 bits per heavy atom. The first kappa shape index (κ1) is 39.5. The van der Waals surface area contributed by atoms with Crippen molar-refractivity contribution in [3.63, 3.8) is 0 Å². The Hall–Kier alpha value is -6.69. The van der Waals surface area contributed by atoms with Crippen LogP contribution in [0.5, 0.6) is 0 Å². The molecule has 6 N–H and O–H groups in total. The topological polar surface area (TPSA) is 223 Å². The van der Waals surface area contributed by atoms with Gasteiger partial charge in [-0.15, -0.1) is 0 Å². The molecular formula is C40H40BClN12O4. The minimum Gasteiger partial charge on any atom is -0.399 e. The van der Waals surface area contributed by atoms with Crippen LogP contribution in [0.3, 0.4) is 0 Å². The number of hydrogen-bond acceptors (Lipinski definition) is 12. The van der Waals surface area contributed by atoms with Gasteiger partial charge < -0.3 is 30.7 Å². The standard InChI is InChI=1S/C17H14N6O.C15H18BNO3.C8H8ClN5/c1-23-7-6-13(22-23)17-16(19-9-14(18)21-17)11-2-4-12-10(8-11)3-5-15(24)20-12;1-14(2)15(3,4)20-16(19-14)11-6-7-12-10(9-11)5-8-13(18)17-12;1-14-3-2-5(13-14)7-8(9)11-4-6(10)12-7/h2-9H,1H3,(H2,18,21)(H,20,24);5-9H,1-4H3,(H,17,18);2-4H,1H3,(H2,10,12). The van der Waals surface area contributed by atoms with Gasteiger partial charge in [0.15, 0.2) is 5.15 Å². The summed E-state index contributed by atoms with van der Waals surface area (Å²) in [5, 5.41) is 10.7. The molecule has 0 atom stereocenters. The Balaban J connectivity index is 0.000000137. The highest BCUT2D eigenvalue weighted by molar-refractivity contribution is 6.62. The molecule has 0 bridgehead atoms. The Kier molecular flexibility index (Phi) is 10.7. The van der Waals surface area contributed by atoms with E-state index in [4.69, 9.17) is 32.4 Å². The number of halogens is 1. The quantitative estimate of drug-likeness (QED) is 0.175. The highest BCUT2D eigenvalue weighted by atomic mass is 35.5. The van der Waals surface area contributed by atoms with E-state index in [1.54, 1.807) is 27.7 Å². The van der Waals surface area contributed by atoms with Crippen LogP contribution in [0.4, 0.5) is 11.6 Å². The van der Waals surface area contributed by atoms with Crippen molar-refractivity contribution < 1.29 is 9.31 Å². The molecule has 7 heterocycles. The van der Waals surface area contributed by atoms with Gasteiger partial charge in [-0.05, 0) is 86.4 Å². The third-order valence-corrected chi connectivity index (χ3v) is 10.00. The number of H-pyrrole nitrogens is 2. The van der Waals surface area contributed by atoms with Crippen LogP contribution in [0, 0.1) is 0 Å². The number of anilines is 2. The molecule has 1 aliphatic rings. The fourth-order valence-electron chi connectivity index (χ4n) is 6.03. The van der Waals surface area contributed by atoms with Gasteiger partial charge in [0.25, 0.3) is 0 Å². The van der Waals surface area contributed by atoms with Crippen LogP contribution in [0.2, 0.25) is 5.15 Å². The van der Waals surface area contributed by atoms with E-state index < -0.39 is 0 Å². The first-order chi connectivity index (χ1) is 27.5. The average molecular weight is 799 g/mol. The Labute approximate surface area is 337 Å². The molecule has 0 saturated carbocycles. The van der Waals surface area contributed by atoms with Crippen LogP contribution in [0.1, 0.15) is 27.7 Å². The first-order valence-electron chi connectivity index (χ1n) is 18.1. The van der Waals surface area contributed by atoms with Gasteiger partial charge >= 0.3 is 7.12 Å². The van der Waals surface area contributed by atoms with E-state index in [1.807, 2.05) is 96.5 Å². The normalized spacial score (nSPS) is 14.2. The Morgan fingerprint density at radius 2 is 1.17 bits per heavy atom. The van der Waals surface area contributed by atoms with E-state index in [1.165, 1.54) is 24.5 Å². The number of aromatic nitrogens is 10. The van der Waals surface area contributed by atoms with Gasteiger partial charge in [0, 0.05) is 55.2 Å². The van der Waals surface area contributed by atoms with Gasteiger partial charge in [0.2, 0.25) is 11.1 Å². The molecule has 0 aliphatic carbocycles. The van der Waals surface area contributed by atoms with Gasteiger partial charge in [-0.25, -0.2) is 15.0 Å². The molecule has 58 heavy (non-hydrogen) atoms. The van der Waals surface area contributed by atoms with Gasteiger partial charge in [-0.1, -0.05) is 29.8 Å². The number of rotatable bonds is 4. The van der Waals surface area contributed by atoms with Crippen molar-refractivity contribution in [2.24, 2.45) is 14.1 Å². The second-order valence-corrected chi connectivity index (χ2v) is 14.9. The van der Waals surface area contributed by atoms with Crippen molar-refractivity contribution in [3.8, 4) is 34.0 Å². The second kappa shape index (κ2) is 15.7. The summed E-state index contributed by atoms with van der Waals surface area (Å²) >= 11 is 5.86. The van der Waals surface area contributed by atoms with Gasteiger partial charge in [-0.3, -0.25) is 23.9 Å². The highest BCUT2D eigenvalue weighted by Crippen LogP contribution is 2.36. The average Bonchev–Trinajstić information content (AvgIpc) is 3.88. The number of aryl methyl sites for hydroxylation is 2. The van der Waals surface area contributed by atoms with Crippen LogP contribution >= 0.6 is 11.6 Å². The van der Waals surface area contributed by atoms with E-state index in [0.717, 1.165) is 32.8 Å². The number of nitrogen functional groups attached to an aromatic ring is 2. The summed E-state index contributed by atoms with van der Waals surface area (Å²) in [5.41, 5.74) is 17.0. The van der Waals surface area contributed by atoms with Crippen molar-refractivity contribution in [2.75, 3.05) is 11.5 Å². The molecule has 1 fully saturated rings. The number of nitrogens with two attached hydrogens (primary N) is 2. The molecule has 6 aromatic heterocycles. The van der Waals surface area contributed by atoms with Crippen LogP contribution in [0.25, 0.3) is 55.8 Å². The third-order valence-electron chi connectivity index (χ3n) is 9.72. The first-order valence-corrected chi connectivity index (χ1v) is 18.5. The lowest BCUT2D eigenvalue weighted by Gasteiger charge is -2.32. The SMILES string of the molecule is CC1(C)OB(c2ccc3[nH]c(=O)ccc3c2)OC1(C)C.Cn1ccc(-c2nc(N)cnc2-c2ccc3[nH]c(=O)ccc3c2)n1.Cn1ccc(-c2nc(N)cnc2Cl)n1. The fourth-order valence-corrected chi connectivity index (χ4v) is 6.21. The fraction of sp³-hybridized carbons (Fsp3) is 0.200. The zero-order chi connectivity index (χ0) is 41.4. The van der Waals surface area contributed by atoms with Crippen molar-refractivity contribution in [2.45, 2.75) is 38.9 Å². The number of hydrogen-bond donors (Lipinski definition) is 4. The van der Waals surface area contributed by atoms with Gasteiger partial charge in [0.1, 0.15) is 34.4 Å². The number of nitrogens with one attached hydrogen (secondary N) is 2. The predicted octanol–water partition coefficient (Wildman–Crippen LogP) is 4.91. The number of pyridine rings is 2. The number of fused-ring (bicyclic) bond motifs is 2. The van der Waals surface area contributed by atoms with E-state index in [0.29, 0.717) is 45.3 Å². The molecule has 8 aromatic rings. The molecule has 294 valence electrons. The smallest absolute Gasteiger partial charge is 0.399 e.